The van der Waals surface area contributed by atoms with E-state index in [1.165, 1.54) is 0 Å². The number of hydrogen-bond acceptors (Lipinski definition) is 3. The number of para-hydroxylation sites is 1. The van der Waals surface area contributed by atoms with Crippen molar-refractivity contribution >= 4 is 29.2 Å². The number of allylic oxidation sites excluding steroid dienone is 1. The highest BCUT2D eigenvalue weighted by Crippen LogP contribution is 2.37. The first-order valence-electron chi connectivity index (χ1n) is 6.73. The summed E-state index contributed by atoms with van der Waals surface area (Å²) in [6.45, 7) is 4.04. The Morgan fingerprint density at radius 1 is 1.14 bits per heavy atom. The van der Waals surface area contributed by atoms with Crippen molar-refractivity contribution in [1.29, 1.82) is 0 Å². The van der Waals surface area contributed by atoms with Crippen LogP contribution < -0.4 is 4.74 Å². The molecule has 1 heterocycles. The largest absolute Gasteiger partial charge is 0.485 e. The van der Waals surface area contributed by atoms with E-state index in [9.17, 15) is 4.79 Å². The smallest absolute Gasteiger partial charge is 0.154 e. The van der Waals surface area contributed by atoms with Gasteiger partial charge >= 0.3 is 0 Å². The monoisotopic (exact) mass is 312 g/mol. The number of aldehydes is 1. The number of ether oxygens (including phenoxy) is 2. The average Bonchev–Trinajstić information content (AvgIpc) is 2.70. The Hall–Kier alpha value is -2.52. The number of carbonyl (C=O) groups is 1. The first kappa shape index (κ1) is 14.4. The number of rotatable bonds is 2. The number of fused-ring (bicyclic) bond motifs is 1. The third-order valence-electron chi connectivity index (χ3n) is 3.29. The molecule has 0 saturated carbocycles. The highest BCUT2D eigenvalue weighted by Gasteiger charge is 2.22. The Balaban J connectivity index is 2.28. The molecular formula is C18H13ClO3. The molecule has 110 valence electrons. The van der Waals surface area contributed by atoms with E-state index in [2.05, 4.69) is 6.58 Å². The van der Waals surface area contributed by atoms with Crippen LogP contribution in [-0.4, -0.2) is 12.9 Å². The lowest BCUT2D eigenvalue weighted by Crippen LogP contribution is -1.99. The first-order chi connectivity index (χ1) is 10.7. The van der Waals surface area contributed by atoms with Gasteiger partial charge in [-0.2, -0.15) is 0 Å². The molecule has 0 spiro atoms. The van der Waals surface area contributed by atoms with Crippen molar-refractivity contribution in [2.75, 3.05) is 6.61 Å². The van der Waals surface area contributed by atoms with Gasteiger partial charge in [-0.25, -0.2) is 0 Å². The van der Waals surface area contributed by atoms with Gasteiger partial charge in [-0.3, -0.25) is 4.79 Å². The van der Waals surface area contributed by atoms with Gasteiger partial charge in [-0.05, 0) is 18.2 Å². The van der Waals surface area contributed by atoms with Crippen LogP contribution in [0.3, 0.4) is 0 Å². The van der Waals surface area contributed by atoms with Gasteiger partial charge in [0.2, 0.25) is 0 Å². The van der Waals surface area contributed by atoms with Crippen molar-refractivity contribution in [3.05, 3.63) is 77.0 Å². The summed E-state index contributed by atoms with van der Waals surface area (Å²) in [6.07, 6.45) is 0.742. The Bertz CT molecular complexity index is 777. The van der Waals surface area contributed by atoms with Gasteiger partial charge in [0.1, 0.15) is 23.9 Å². The van der Waals surface area contributed by atoms with E-state index in [1.807, 2.05) is 36.4 Å². The number of hydrogen-bond donors (Lipinski definition) is 0. The highest BCUT2D eigenvalue weighted by atomic mass is 35.5. The maximum Gasteiger partial charge on any atom is 0.154 e. The molecule has 1 aliphatic rings. The van der Waals surface area contributed by atoms with Gasteiger partial charge in [0.05, 0.1) is 11.1 Å². The second kappa shape index (κ2) is 6.08. The van der Waals surface area contributed by atoms with Crippen LogP contribution in [0, 0.1) is 0 Å². The quantitative estimate of drug-likeness (QED) is 0.611. The van der Waals surface area contributed by atoms with Gasteiger partial charge in [0, 0.05) is 10.6 Å². The zero-order valence-corrected chi connectivity index (χ0v) is 12.5. The molecule has 0 saturated heterocycles. The van der Waals surface area contributed by atoms with Gasteiger partial charge in [-0.1, -0.05) is 48.5 Å². The number of carbonyl (C=O) groups excluding carboxylic acids is 1. The van der Waals surface area contributed by atoms with Crippen molar-refractivity contribution in [3.63, 3.8) is 0 Å². The fourth-order valence-electron chi connectivity index (χ4n) is 2.29. The molecule has 1 aliphatic heterocycles. The Kier molecular flexibility index (Phi) is 3.98. The molecule has 0 fully saturated rings. The molecule has 0 unspecified atom stereocenters. The van der Waals surface area contributed by atoms with E-state index in [4.69, 9.17) is 21.1 Å². The summed E-state index contributed by atoms with van der Waals surface area (Å²) in [6, 6.07) is 14.5. The Morgan fingerprint density at radius 3 is 2.64 bits per heavy atom. The number of benzene rings is 2. The first-order valence-corrected chi connectivity index (χ1v) is 7.10. The highest BCUT2D eigenvalue weighted by molar-refractivity contribution is 6.34. The van der Waals surface area contributed by atoms with Crippen molar-refractivity contribution in [1.82, 2.24) is 0 Å². The molecule has 2 aromatic rings. The molecule has 3 rings (SSSR count). The topological polar surface area (TPSA) is 35.5 Å². The summed E-state index contributed by atoms with van der Waals surface area (Å²) in [5.41, 5.74) is 1.67. The van der Waals surface area contributed by atoms with Crippen molar-refractivity contribution in [2.24, 2.45) is 0 Å². The van der Waals surface area contributed by atoms with Gasteiger partial charge in [0.15, 0.2) is 6.29 Å². The lowest BCUT2D eigenvalue weighted by Gasteiger charge is -2.13. The molecule has 0 N–H and O–H groups in total. The van der Waals surface area contributed by atoms with E-state index < -0.39 is 0 Å². The summed E-state index contributed by atoms with van der Waals surface area (Å²) in [5.74, 6) is 1.47. The summed E-state index contributed by atoms with van der Waals surface area (Å²) < 4.78 is 11.4. The van der Waals surface area contributed by atoms with Gasteiger partial charge in [0.25, 0.3) is 0 Å². The molecule has 2 aromatic carbocycles. The lowest BCUT2D eigenvalue weighted by molar-refractivity contribution is -0.103. The van der Waals surface area contributed by atoms with Crippen LogP contribution in [0.5, 0.6) is 5.75 Å². The minimum Gasteiger partial charge on any atom is -0.485 e. The van der Waals surface area contributed by atoms with Crippen LogP contribution in [0.25, 0.3) is 11.3 Å². The molecule has 0 amide bonds. The van der Waals surface area contributed by atoms with Gasteiger partial charge in [-0.15, -0.1) is 0 Å². The van der Waals surface area contributed by atoms with E-state index in [1.54, 1.807) is 12.1 Å². The Labute approximate surface area is 133 Å². The molecule has 3 nitrogen and oxygen atoms in total. The third kappa shape index (κ3) is 2.63. The zero-order chi connectivity index (χ0) is 15.5. The zero-order valence-electron chi connectivity index (χ0n) is 11.7. The average molecular weight is 313 g/mol. The minimum absolute atomic E-state index is 0.231. The van der Waals surface area contributed by atoms with Crippen LogP contribution in [0.2, 0.25) is 5.02 Å². The molecule has 0 atom stereocenters. The maximum absolute atomic E-state index is 11.7. The Morgan fingerprint density at radius 2 is 1.86 bits per heavy atom. The molecule has 0 radical (unpaired) electrons. The molecular weight excluding hydrogens is 300 g/mol. The number of halogens is 1. The lowest BCUT2D eigenvalue weighted by atomic mass is 10.0. The normalized spacial score (nSPS) is 16.0. The van der Waals surface area contributed by atoms with Crippen LogP contribution >= 0.6 is 11.6 Å². The second-order valence-corrected chi connectivity index (χ2v) is 5.17. The summed E-state index contributed by atoms with van der Waals surface area (Å²) in [7, 11) is 0. The standard InChI is InChI=1S/C18H13ClO3/c1-12-11-21-17-9-5-3-7-14(17)18(22-12)15(10-20)13-6-2-4-8-16(13)19/h2-10H,1,11H2/b18-15-. The summed E-state index contributed by atoms with van der Waals surface area (Å²) in [4.78, 5) is 11.7. The second-order valence-electron chi connectivity index (χ2n) is 4.77. The maximum atomic E-state index is 11.7. The molecule has 0 bridgehead atoms. The fourth-order valence-corrected chi connectivity index (χ4v) is 2.52. The molecule has 0 aromatic heterocycles. The van der Waals surface area contributed by atoms with E-state index >= 15 is 0 Å². The van der Waals surface area contributed by atoms with Gasteiger partial charge < -0.3 is 9.47 Å². The van der Waals surface area contributed by atoms with Crippen molar-refractivity contribution in [3.8, 4) is 5.75 Å². The summed E-state index contributed by atoms with van der Waals surface area (Å²) >= 11 is 6.22. The van der Waals surface area contributed by atoms with E-state index in [0.717, 1.165) is 6.29 Å². The van der Waals surface area contributed by atoms with E-state index in [-0.39, 0.29) is 6.61 Å². The third-order valence-corrected chi connectivity index (χ3v) is 3.62. The molecule has 0 aliphatic carbocycles. The van der Waals surface area contributed by atoms with Crippen molar-refractivity contribution in [2.45, 2.75) is 0 Å². The molecule has 22 heavy (non-hydrogen) atoms. The van der Waals surface area contributed by atoms with Crippen LogP contribution in [0.1, 0.15) is 11.1 Å². The fraction of sp³-hybridized carbons (Fsp3) is 0.0556. The minimum atomic E-state index is 0.231. The van der Waals surface area contributed by atoms with Crippen LogP contribution in [0.4, 0.5) is 0 Å². The summed E-state index contributed by atoms with van der Waals surface area (Å²) in [5, 5.41) is 0.481. The predicted molar refractivity (Wildman–Crippen MR) is 86.5 cm³/mol. The van der Waals surface area contributed by atoms with Crippen LogP contribution in [-0.2, 0) is 9.53 Å². The van der Waals surface area contributed by atoms with Crippen LogP contribution in [0.15, 0.2) is 60.9 Å². The van der Waals surface area contributed by atoms with E-state index in [0.29, 0.717) is 39.0 Å². The predicted octanol–water partition coefficient (Wildman–Crippen LogP) is 4.33. The molecule has 4 heteroatoms. The SMILES string of the molecule is C=C1COc2ccccc2/C(=C(\C=O)c2ccccc2Cl)O1. The van der Waals surface area contributed by atoms with Crippen molar-refractivity contribution < 1.29 is 14.3 Å².